The molecule has 4 aromatic rings. The summed E-state index contributed by atoms with van der Waals surface area (Å²) in [5.41, 5.74) is 3.08. The normalized spacial score (nSPS) is 10.6. The molecule has 0 atom stereocenters. The van der Waals surface area contributed by atoms with Crippen molar-refractivity contribution in [2.75, 3.05) is 11.9 Å². The van der Waals surface area contributed by atoms with Gasteiger partial charge in [-0.15, -0.1) is 0 Å². The van der Waals surface area contributed by atoms with Gasteiger partial charge >= 0.3 is 0 Å². The van der Waals surface area contributed by atoms with Gasteiger partial charge in [-0.1, -0.05) is 72.8 Å². The zero-order chi connectivity index (χ0) is 23.6. The molecule has 0 aliphatic rings. The maximum absolute atomic E-state index is 12.7. The van der Waals surface area contributed by atoms with Crippen molar-refractivity contribution in [3.8, 4) is 11.3 Å². The van der Waals surface area contributed by atoms with Gasteiger partial charge in [-0.2, -0.15) is 0 Å². The average molecular weight is 454 g/mol. The van der Waals surface area contributed by atoms with E-state index in [1.54, 1.807) is 30.5 Å². The molecule has 3 aromatic carbocycles. The molecule has 0 aliphatic carbocycles. The molecule has 2 amide bonds. The number of amides is 2. The van der Waals surface area contributed by atoms with Crippen molar-refractivity contribution in [2.24, 2.45) is 0 Å². The van der Waals surface area contributed by atoms with E-state index in [1.165, 1.54) is 0 Å². The van der Waals surface area contributed by atoms with E-state index in [2.05, 4.69) is 15.6 Å². The van der Waals surface area contributed by atoms with Crippen molar-refractivity contribution in [1.29, 1.82) is 0 Å². The highest BCUT2D eigenvalue weighted by Gasteiger charge is 2.13. The molecule has 0 unspecified atom stereocenters. The van der Waals surface area contributed by atoms with Gasteiger partial charge < -0.3 is 15.1 Å². The number of aryl methyl sites for hydroxylation is 1. The second-order valence-electron chi connectivity index (χ2n) is 7.92. The smallest absolute Gasteiger partial charge is 0.253 e. The van der Waals surface area contributed by atoms with E-state index in [0.717, 1.165) is 17.5 Å². The summed E-state index contributed by atoms with van der Waals surface area (Å²) in [6, 6.07) is 26.8. The molecular formula is C28H27N3O3. The van der Waals surface area contributed by atoms with Crippen LogP contribution >= 0.6 is 0 Å². The second kappa shape index (κ2) is 11.6. The molecule has 172 valence electrons. The van der Waals surface area contributed by atoms with Crippen molar-refractivity contribution in [3.05, 3.63) is 108 Å². The fourth-order valence-corrected chi connectivity index (χ4v) is 3.62. The third-order valence-electron chi connectivity index (χ3n) is 5.39. The summed E-state index contributed by atoms with van der Waals surface area (Å²) in [5.74, 6) is 0.955. The van der Waals surface area contributed by atoms with Gasteiger partial charge in [-0.05, 0) is 30.5 Å². The first-order chi connectivity index (χ1) is 16.7. The zero-order valence-corrected chi connectivity index (χ0v) is 18.9. The molecule has 0 saturated carbocycles. The highest BCUT2D eigenvalue weighted by atomic mass is 16.4. The third-order valence-corrected chi connectivity index (χ3v) is 5.39. The fraction of sp³-hybridized carbons (Fsp3) is 0.179. The van der Waals surface area contributed by atoms with Gasteiger partial charge in [0, 0.05) is 24.9 Å². The molecule has 0 spiro atoms. The van der Waals surface area contributed by atoms with Crippen LogP contribution in [0.1, 0.15) is 34.7 Å². The topological polar surface area (TPSA) is 84.2 Å². The minimum atomic E-state index is -0.208. The molecule has 0 bridgehead atoms. The van der Waals surface area contributed by atoms with Crippen molar-refractivity contribution < 1.29 is 14.0 Å². The van der Waals surface area contributed by atoms with Crippen molar-refractivity contribution >= 4 is 17.5 Å². The second-order valence-corrected chi connectivity index (χ2v) is 7.92. The van der Waals surface area contributed by atoms with Crippen LogP contribution in [0.15, 0.2) is 95.5 Å². The highest BCUT2D eigenvalue weighted by molar-refractivity contribution is 6.03. The maximum Gasteiger partial charge on any atom is 0.253 e. The Labute approximate surface area is 199 Å². The Hall–Kier alpha value is -4.19. The van der Waals surface area contributed by atoms with Gasteiger partial charge in [0.25, 0.3) is 5.91 Å². The predicted molar refractivity (Wildman–Crippen MR) is 132 cm³/mol. The fourth-order valence-electron chi connectivity index (χ4n) is 3.62. The number of rotatable bonds is 10. The van der Waals surface area contributed by atoms with Gasteiger partial charge in [-0.3, -0.25) is 9.59 Å². The molecule has 0 radical (unpaired) electrons. The minimum Gasteiger partial charge on any atom is -0.441 e. The van der Waals surface area contributed by atoms with E-state index >= 15 is 0 Å². The number of anilines is 1. The van der Waals surface area contributed by atoms with Gasteiger partial charge in [0.05, 0.1) is 17.4 Å². The SMILES string of the molecule is O=C(CCCc1ncc(-c2ccccc2)o1)Nc1ccccc1C(=O)NCCc1ccccc1. The van der Waals surface area contributed by atoms with Gasteiger partial charge in [0.15, 0.2) is 11.7 Å². The largest absolute Gasteiger partial charge is 0.441 e. The summed E-state index contributed by atoms with van der Waals surface area (Å²) in [6.45, 7) is 0.520. The van der Waals surface area contributed by atoms with Crippen LogP contribution in [0.25, 0.3) is 11.3 Å². The number of nitrogens with zero attached hydrogens (tertiary/aromatic N) is 1. The van der Waals surface area contributed by atoms with Crippen LogP contribution < -0.4 is 10.6 Å². The van der Waals surface area contributed by atoms with E-state index in [9.17, 15) is 9.59 Å². The lowest BCUT2D eigenvalue weighted by Crippen LogP contribution is -2.27. The highest BCUT2D eigenvalue weighted by Crippen LogP contribution is 2.21. The van der Waals surface area contributed by atoms with Crippen LogP contribution in [-0.2, 0) is 17.6 Å². The molecule has 1 heterocycles. The first-order valence-electron chi connectivity index (χ1n) is 11.4. The van der Waals surface area contributed by atoms with Gasteiger partial charge in [-0.25, -0.2) is 4.98 Å². The average Bonchev–Trinajstić information content (AvgIpc) is 3.34. The summed E-state index contributed by atoms with van der Waals surface area (Å²) in [6.07, 6.45) is 3.90. The van der Waals surface area contributed by atoms with Crippen molar-refractivity contribution in [2.45, 2.75) is 25.7 Å². The summed E-state index contributed by atoms with van der Waals surface area (Å²) >= 11 is 0. The minimum absolute atomic E-state index is 0.153. The Kier molecular flexibility index (Phi) is 7.85. The summed E-state index contributed by atoms with van der Waals surface area (Å²) in [5, 5.41) is 5.80. The number of carbonyl (C=O) groups is 2. The van der Waals surface area contributed by atoms with Crippen LogP contribution in [-0.4, -0.2) is 23.3 Å². The molecule has 0 aliphatic heterocycles. The first kappa shape index (κ1) is 23.0. The Morgan fingerprint density at radius 1 is 0.824 bits per heavy atom. The predicted octanol–water partition coefficient (Wildman–Crippen LogP) is 5.28. The van der Waals surface area contributed by atoms with Crippen LogP contribution in [0, 0.1) is 0 Å². The first-order valence-corrected chi connectivity index (χ1v) is 11.4. The number of aromatic nitrogens is 1. The van der Waals surface area contributed by atoms with E-state index in [1.807, 2.05) is 60.7 Å². The van der Waals surface area contributed by atoms with E-state index in [4.69, 9.17) is 4.42 Å². The quantitative estimate of drug-likeness (QED) is 0.342. The van der Waals surface area contributed by atoms with E-state index < -0.39 is 0 Å². The number of oxazole rings is 1. The van der Waals surface area contributed by atoms with Crippen LogP contribution in [0.4, 0.5) is 5.69 Å². The molecule has 6 nitrogen and oxygen atoms in total. The molecule has 6 heteroatoms. The van der Waals surface area contributed by atoms with Gasteiger partial charge in [0.1, 0.15) is 0 Å². The third kappa shape index (κ3) is 6.42. The Morgan fingerprint density at radius 2 is 1.53 bits per heavy atom. The zero-order valence-electron chi connectivity index (χ0n) is 18.9. The standard InChI is InChI=1S/C28H27N3O3/c32-26(16-9-17-27-30-20-25(34-27)22-12-5-2-6-13-22)31-24-15-8-7-14-23(24)28(33)29-19-18-21-10-3-1-4-11-21/h1-8,10-15,20H,9,16-19H2,(H,29,33)(H,31,32). The van der Waals surface area contributed by atoms with E-state index in [-0.39, 0.29) is 11.8 Å². The van der Waals surface area contributed by atoms with Crippen molar-refractivity contribution in [1.82, 2.24) is 10.3 Å². The molecule has 4 rings (SSSR count). The monoisotopic (exact) mass is 453 g/mol. The number of benzene rings is 3. The number of carbonyl (C=O) groups excluding carboxylic acids is 2. The molecule has 0 fully saturated rings. The van der Waals surface area contributed by atoms with Crippen molar-refractivity contribution in [3.63, 3.8) is 0 Å². The Bertz CT molecular complexity index is 1220. The van der Waals surface area contributed by atoms with Crippen LogP contribution in [0.3, 0.4) is 0 Å². The van der Waals surface area contributed by atoms with E-state index in [0.29, 0.717) is 48.7 Å². The van der Waals surface area contributed by atoms with Gasteiger partial charge in [0.2, 0.25) is 5.91 Å². The molecule has 34 heavy (non-hydrogen) atoms. The maximum atomic E-state index is 12.7. The molecule has 1 aromatic heterocycles. The lowest BCUT2D eigenvalue weighted by molar-refractivity contribution is -0.116. The lowest BCUT2D eigenvalue weighted by Gasteiger charge is -2.11. The van der Waals surface area contributed by atoms with Crippen LogP contribution in [0.5, 0.6) is 0 Å². The number of hydrogen-bond acceptors (Lipinski definition) is 4. The molecule has 0 saturated heterocycles. The Morgan fingerprint density at radius 3 is 2.32 bits per heavy atom. The number of hydrogen-bond donors (Lipinski definition) is 2. The summed E-state index contributed by atoms with van der Waals surface area (Å²) < 4.78 is 5.79. The summed E-state index contributed by atoms with van der Waals surface area (Å²) in [4.78, 5) is 29.5. The molecular weight excluding hydrogens is 426 g/mol. The lowest BCUT2D eigenvalue weighted by atomic mass is 10.1. The number of nitrogens with one attached hydrogen (secondary N) is 2. The summed E-state index contributed by atoms with van der Waals surface area (Å²) in [7, 11) is 0. The Balaban J connectivity index is 1.25. The van der Waals surface area contributed by atoms with Crippen LogP contribution in [0.2, 0.25) is 0 Å². The molecule has 2 N–H and O–H groups in total. The number of para-hydroxylation sites is 1.